The third-order valence-corrected chi connectivity index (χ3v) is 10.2. The number of nitrogens with one attached hydrogen (secondary N) is 1. The summed E-state index contributed by atoms with van der Waals surface area (Å²) in [4.78, 5) is 11.6. The highest BCUT2D eigenvalue weighted by Crippen LogP contribution is 2.43. The van der Waals surface area contributed by atoms with Gasteiger partial charge in [-0.25, -0.2) is 0 Å². The molecule has 264 valence electrons. The molecule has 6 aromatic rings. The summed E-state index contributed by atoms with van der Waals surface area (Å²) in [6.07, 6.45) is 0. The fourth-order valence-corrected chi connectivity index (χ4v) is 6.79. The Morgan fingerprint density at radius 1 is 0.538 bits per heavy atom. The van der Waals surface area contributed by atoms with Crippen LogP contribution in [0.2, 0.25) is 0 Å². The SMILES string of the molecule is O=C(Nc1ccc(S(=O)(=O)O)c2ccc(N=Nc3ccc(N=Nc4ccc(S(=O)(=O)O)cc4)c4ccc(S(=O)(=O)O)cc34)c(O)c12)c1ccccc1. The lowest BCUT2D eigenvalue weighted by molar-refractivity contribution is 0.102. The zero-order chi connectivity index (χ0) is 37.4. The van der Waals surface area contributed by atoms with E-state index in [1.165, 1.54) is 60.7 Å². The molecule has 0 unspecified atom stereocenters. The first kappa shape index (κ1) is 35.9. The number of hydrogen-bond acceptors (Lipinski definition) is 12. The maximum atomic E-state index is 13.0. The molecule has 0 aromatic heterocycles. The van der Waals surface area contributed by atoms with Gasteiger partial charge in [0, 0.05) is 21.7 Å². The predicted octanol–water partition coefficient (Wildman–Crippen LogP) is 7.52. The molecule has 0 saturated carbocycles. The van der Waals surface area contributed by atoms with Crippen LogP contribution in [0, 0.1) is 0 Å². The van der Waals surface area contributed by atoms with E-state index in [0.29, 0.717) is 0 Å². The third kappa shape index (κ3) is 7.54. The molecule has 52 heavy (non-hydrogen) atoms. The number of hydrogen-bond donors (Lipinski definition) is 5. The number of phenols is 1. The summed E-state index contributed by atoms with van der Waals surface area (Å²) in [6, 6.07) is 24.0. The summed E-state index contributed by atoms with van der Waals surface area (Å²) in [5.74, 6) is -1.20. The first-order valence-corrected chi connectivity index (χ1v) is 18.9. The molecule has 6 aromatic carbocycles. The Morgan fingerprint density at radius 2 is 1.10 bits per heavy atom. The van der Waals surface area contributed by atoms with Crippen LogP contribution in [0.1, 0.15) is 10.4 Å². The van der Waals surface area contributed by atoms with E-state index in [1.807, 2.05) is 0 Å². The third-order valence-electron chi connectivity index (χ3n) is 7.57. The molecule has 0 heterocycles. The molecule has 1 amide bonds. The minimum atomic E-state index is -4.78. The van der Waals surface area contributed by atoms with Crippen LogP contribution in [0.3, 0.4) is 0 Å². The highest BCUT2D eigenvalue weighted by molar-refractivity contribution is 7.86. The van der Waals surface area contributed by atoms with Gasteiger partial charge in [0.1, 0.15) is 10.6 Å². The van der Waals surface area contributed by atoms with Gasteiger partial charge in [0.2, 0.25) is 0 Å². The minimum absolute atomic E-state index is 0.0172. The second kappa shape index (κ2) is 13.6. The number of carbonyl (C=O) groups excluding carboxylic acids is 1. The van der Waals surface area contributed by atoms with Crippen molar-refractivity contribution >= 4 is 86.2 Å². The fraction of sp³-hybridized carbons (Fsp3) is 0. The first-order chi connectivity index (χ1) is 24.5. The molecular formula is C33H23N5O11S3. The number of nitrogens with zero attached hydrogens (tertiary/aromatic N) is 4. The van der Waals surface area contributed by atoms with E-state index in [-0.39, 0.29) is 60.4 Å². The molecule has 0 aliphatic rings. The molecule has 0 fully saturated rings. The minimum Gasteiger partial charge on any atom is -0.505 e. The molecule has 0 aliphatic carbocycles. The Balaban J connectivity index is 1.44. The van der Waals surface area contributed by atoms with Gasteiger partial charge in [0.25, 0.3) is 36.3 Å². The fourth-order valence-electron chi connectivity index (χ4n) is 5.12. The smallest absolute Gasteiger partial charge is 0.295 e. The summed E-state index contributed by atoms with van der Waals surface area (Å²) >= 11 is 0. The van der Waals surface area contributed by atoms with E-state index in [0.717, 1.165) is 30.3 Å². The van der Waals surface area contributed by atoms with Gasteiger partial charge in [-0.2, -0.15) is 30.4 Å². The van der Waals surface area contributed by atoms with Crippen LogP contribution >= 0.6 is 0 Å². The average molecular weight is 762 g/mol. The van der Waals surface area contributed by atoms with Crippen LogP contribution in [-0.2, 0) is 30.4 Å². The Labute approximate surface area is 295 Å². The van der Waals surface area contributed by atoms with Crippen LogP contribution in [0.4, 0.5) is 28.4 Å². The number of aromatic hydroxyl groups is 1. The molecule has 6 rings (SSSR count). The highest BCUT2D eigenvalue weighted by atomic mass is 32.2. The van der Waals surface area contributed by atoms with E-state index in [4.69, 9.17) is 0 Å². The average Bonchev–Trinajstić information content (AvgIpc) is 3.09. The van der Waals surface area contributed by atoms with E-state index in [9.17, 15) is 48.8 Å². The zero-order valence-electron chi connectivity index (χ0n) is 26.1. The molecule has 5 N–H and O–H groups in total. The van der Waals surface area contributed by atoms with Crippen molar-refractivity contribution in [3.8, 4) is 5.75 Å². The Hall–Kier alpha value is -5.96. The molecule has 0 aliphatic heterocycles. The number of fused-ring (bicyclic) bond motifs is 2. The second-order valence-electron chi connectivity index (χ2n) is 10.9. The molecule has 0 bridgehead atoms. The van der Waals surface area contributed by atoms with Gasteiger partial charge in [-0.15, -0.1) is 15.3 Å². The summed E-state index contributed by atoms with van der Waals surface area (Å²) in [5, 5.41) is 30.6. The van der Waals surface area contributed by atoms with E-state index >= 15 is 0 Å². The van der Waals surface area contributed by atoms with Crippen molar-refractivity contribution in [3.05, 3.63) is 115 Å². The van der Waals surface area contributed by atoms with E-state index < -0.39 is 51.8 Å². The van der Waals surface area contributed by atoms with Crippen molar-refractivity contribution in [2.24, 2.45) is 20.5 Å². The number of rotatable bonds is 9. The molecular weight excluding hydrogens is 739 g/mol. The largest absolute Gasteiger partial charge is 0.505 e. The van der Waals surface area contributed by atoms with Crippen molar-refractivity contribution in [2.45, 2.75) is 14.7 Å². The van der Waals surface area contributed by atoms with Crippen LogP contribution in [0.5, 0.6) is 5.75 Å². The molecule has 0 radical (unpaired) electrons. The van der Waals surface area contributed by atoms with Crippen molar-refractivity contribution < 1.29 is 48.8 Å². The molecule has 0 atom stereocenters. The highest BCUT2D eigenvalue weighted by Gasteiger charge is 2.22. The van der Waals surface area contributed by atoms with Gasteiger partial charge in [0.05, 0.1) is 37.9 Å². The van der Waals surface area contributed by atoms with Crippen LogP contribution in [0.15, 0.2) is 144 Å². The van der Waals surface area contributed by atoms with Gasteiger partial charge < -0.3 is 10.4 Å². The van der Waals surface area contributed by atoms with Crippen molar-refractivity contribution in [3.63, 3.8) is 0 Å². The monoisotopic (exact) mass is 761 g/mol. The normalized spacial score (nSPS) is 12.6. The molecule has 19 heteroatoms. The summed E-state index contributed by atoms with van der Waals surface area (Å²) in [5.41, 5.74) is 0.462. The number of benzene rings is 6. The topological polar surface area (TPSA) is 262 Å². The van der Waals surface area contributed by atoms with Gasteiger partial charge in [-0.05, 0) is 78.9 Å². The number of carbonyl (C=O) groups is 1. The van der Waals surface area contributed by atoms with Gasteiger partial charge in [0.15, 0.2) is 5.75 Å². The van der Waals surface area contributed by atoms with Crippen LogP contribution in [0.25, 0.3) is 21.5 Å². The maximum Gasteiger partial charge on any atom is 0.295 e. The summed E-state index contributed by atoms with van der Waals surface area (Å²) < 4.78 is 99.8. The molecule has 0 saturated heterocycles. The van der Waals surface area contributed by atoms with Gasteiger partial charge in [-0.3, -0.25) is 18.5 Å². The van der Waals surface area contributed by atoms with E-state index in [2.05, 4.69) is 25.8 Å². The maximum absolute atomic E-state index is 13.0. The van der Waals surface area contributed by atoms with Crippen molar-refractivity contribution in [2.75, 3.05) is 5.32 Å². The Morgan fingerprint density at radius 3 is 1.73 bits per heavy atom. The predicted molar refractivity (Wildman–Crippen MR) is 188 cm³/mol. The standard InChI is InChI=1S/C33H23N5O11S3/c39-32-29(13-12-24-30(52(47,48)49)17-16-28(31(24)32)34-33(40)19-4-2-1-3-5-19)38-37-27-15-14-26(23-11-10-22(18-25(23)27)51(44,45)46)36-35-20-6-8-21(9-7-20)50(41,42)43/h1-18,39H,(H,34,40)(H,41,42,43)(H,44,45,46)(H,47,48,49). The van der Waals surface area contributed by atoms with Crippen LogP contribution in [-0.4, -0.2) is 49.9 Å². The molecule has 16 nitrogen and oxygen atoms in total. The summed E-state index contributed by atoms with van der Waals surface area (Å²) in [6.45, 7) is 0. The van der Waals surface area contributed by atoms with Gasteiger partial charge >= 0.3 is 0 Å². The quantitative estimate of drug-likeness (QED) is 0.0710. The number of azo groups is 2. The molecule has 0 spiro atoms. The number of phenolic OH excluding ortho intramolecular Hbond substituents is 1. The lowest BCUT2D eigenvalue weighted by Gasteiger charge is -2.13. The Bertz CT molecular complexity index is 2810. The van der Waals surface area contributed by atoms with Crippen molar-refractivity contribution in [1.29, 1.82) is 0 Å². The van der Waals surface area contributed by atoms with E-state index in [1.54, 1.807) is 18.2 Å². The lowest BCUT2D eigenvalue weighted by Crippen LogP contribution is -2.12. The number of amides is 1. The summed E-state index contributed by atoms with van der Waals surface area (Å²) in [7, 11) is -13.9. The number of anilines is 1. The Kier molecular flexibility index (Phi) is 9.40. The van der Waals surface area contributed by atoms with Crippen LogP contribution < -0.4 is 5.32 Å². The zero-order valence-corrected chi connectivity index (χ0v) is 28.5. The van der Waals surface area contributed by atoms with Gasteiger partial charge in [-0.1, -0.05) is 30.3 Å². The van der Waals surface area contributed by atoms with Crippen molar-refractivity contribution in [1.82, 2.24) is 0 Å². The lowest BCUT2D eigenvalue weighted by atomic mass is 10.1. The second-order valence-corrected chi connectivity index (χ2v) is 15.2. The first-order valence-electron chi connectivity index (χ1n) is 14.6.